The number of carbonyl (C=O) groups is 2. The topological polar surface area (TPSA) is 70.1 Å². The van der Waals surface area contributed by atoms with E-state index in [4.69, 9.17) is 14.6 Å². The zero-order valence-electron chi connectivity index (χ0n) is 16.7. The molecule has 0 bridgehead atoms. The molecule has 166 valence electrons. The average Bonchev–Trinajstić information content (AvgIpc) is 3.17. The van der Waals surface area contributed by atoms with Gasteiger partial charge in [0.25, 0.3) is 0 Å². The molecule has 0 aromatic heterocycles. The quantitative estimate of drug-likeness (QED) is 0.781. The summed E-state index contributed by atoms with van der Waals surface area (Å²) in [6.45, 7) is 5.17. The Morgan fingerprint density at radius 3 is 2.33 bits per heavy atom. The third kappa shape index (κ3) is 6.18. The zero-order valence-corrected chi connectivity index (χ0v) is 16.7. The summed E-state index contributed by atoms with van der Waals surface area (Å²) in [5, 5.41) is 7.12. The first kappa shape index (κ1) is 22.6. The molecule has 4 rings (SSSR count). The van der Waals surface area contributed by atoms with Crippen molar-refractivity contribution in [3.05, 3.63) is 35.9 Å². The molecule has 3 aliphatic rings. The molecule has 3 saturated heterocycles. The minimum absolute atomic E-state index is 0.161. The summed E-state index contributed by atoms with van der Waals surface area (Å²) < 4.78 is 37.9. The molecule has 9 heteroatoms. The van der Waals surface area contributed by atoms with Gasteiger partial charge in [0.1, 0.15) is 0 Å². The van der Waals surface area contributed by atoms with Gasteiger partial charge in [-0.05, 0) is 24.8 Å². The van der Waals surface area contributed by atoms with Gasteiger partial charge in [-0.2, -0.15) is 13.2 Å². The largest absolute Gasteiger partial charge is 0.490 e. The second-order valence-electron chi connectivity index (χ2n) is 8.03. The predicted molar refractivity (Wildman–Crippen MR) is 103 cm³/mol. The zero-order chi connectivity index (χ0) is 21.7. The van der Waals surface area contributed by atoms with Crippen molar-refractivity contribution in [1.29, 1.82) is 0 Å². The number of carboxylic acids is 1. The highest BCUT2D eigenvalue weighted by Gasteiger charge is 2.42. The molecule has 1 aromatic carbocycles. The lowest BCUT2D eigenvalue weighted by Gasteiger charge is -2.31. The molecule has 3 heterocycles. The van der Waals surface area contributed by atoms with Crippen LogP contribution in [-0.4, -0.2) is 77.9 Å². The second-order valence-corrected chi connectivity index (χ2v) is 8.03. The molecule has 1 aromatic rings. The van der Waals surface area contributed by atoms with Crippen LogP contribution in [0.3, 0.4) is 0 Å². The van der Waals surface area contributed by atoms with E-state index in [-0.39, 0.29) is 6.10 Å². The fourth-order valence-electron chi connectivity index (χ4n) is 4.08. The Hall–Kier alpha value is -2.13. The molecular formula is C21H27F3N2O4. The molecule has 3 atom stereocenters. The van der Waals surface area contributed by atoms with E-state index in [2.05, 4.69) is 35.2 Å². The van der Waals surface area contributed by atoms with Crippen molar-refractivity contribution in [2.24, 2.45) is 5.92 Å². The number of aliphatic carboxylic acids is 1. The van der Waals surface area contributed by atoms with Gasteiger partial charge in [0.2, 0.25) is 5.91 Å². The molecule has 0 radical (unpaired) electrons. The van der Waals surface area contributed by atoms with Crippen LogP contribution in [0, 0.1) is 5.92 Å². The number of alkyl halides is 3. The Kier molecular flexibility index (Phi) is 7.36. The lowest BCUT2D eigenvalue weighted by molar-refractivity contribution is -0.192. The van der Waals surface area contributed by atoms with Crippen molar-refractivity contribution < 1.29 is 32.6 Å². The highest BCUT2D eigenvalue weighted by Crippen LogP contribution is 2.34. The van der Waals surface area contributed by atoms with Gasteiger partial charge >= 0.3 is 12.1 Å². The lowest BCUT2D eigenvalue weighted by atomic mass is 10.0. The second kappa shape index (κ2) is 9.78. The van der Waals surface area contributed by atoms with Gasteiger partial charge in [-0.1, -0.05) is 30.3 Å². The first-order valence-corrected chi connectivity index (χ1v) is 10.2. The highest BCUT2D eigenvalue weighted by molar-refractivity contribution is 5.77. The Bertz CT molecular complexity index is 711. The molecular weight excluding hydrogens is 401 g/mol. The van der Waals surface area contributed by atoms with Crippen LogP contribution in [-0.2, 0) is 20.7 Å². The smallest absolute Gasteiger partial charge is 0.475 e. The van der Waals surface area contributed by atoms with Crippen LogP contribution in [0.1, 0.15) is 24.8 Å². The fourth-order valence-corrected chi connectivity index (χ4v) is 4.08. The van der Waals surface area contributed by atoms with Crippen molar-refractivity contribution in [2.45, 2.75) is 44.1 Å². The Morgan fingerprint density at radius 2 is 1.80 bits per heavy atom. The van der Waals surface area contributed by atoms with E-state index >= 15 is 0 Å². The van der Waals surface area contributed by atoms with E-state index in [9.17, 15) is 18.0 Å². The number of hydrogen-bond donors (Lipinski definition) is 1. The van der Waals surface area contributed by atoms with Crippen LogP contribution in [0.2, 0.25) is 0 Å². The lowest BCUT2D eigenvalue weighted by Crippen LogP contribution is -2.43. The van der Waals surface area contributed by atoms with Gasteiger partial charge in [0, 0.05) is 38.6 Å². The van der Waals surface area contributed by atoms with Crippen LogP contribution in [0.25, 0.3) is 0 Å². The number of likely N-dealkylation sites (tertiary alicyclic amines) is 2. The Labute approximate surface area is 173 Å². The Morgan fingerprint density at radius 1 is 1.13 bits per heavy atom. The first-order valence-electron chi connectivity index (χ1n) is 10.2. The minimum atomic E-state index is -5.08. The number of carbonyl (C=O) groups excluding carboxylic acids is 1. The number of rotatable bonds is 5. The molecule has 3 aliphatic heterocycles. The van der Waals surface area contributed by atoms with Crippen LogP contribution < -0.4 is 0 Å². The van der Waals surface area contributed by atoms with Crippen molar-refractivity contribution in [2.75, 3.05) is 32.7 Å². The molecule has 1 N–H and O–H groups in total. The summed E-state index contributed by atoms with van der Waals surface area (Å²) in [4.78, 5) is 25.4. The summed E-state index contributed by atoms with van der Waals surface area (Å²) in [5.74, 6) is -1.84. The Balaban J connectivity index is 0.000000318. The SMILES string of the molecule is O=C(C[C@H]1C[C@H]2CN(CCc3ccccc3)C[C@H]2O1)N1CCC1.O=C(O)C(F)(F)F. The number of amides is 1. The molecule has 0 saturated carbocycles. The number of ether oxygens (including phenoxy) is 1. The molecule has 0 aliphatic carbocycles. The maximum atomic E-state index is 12.1. The van der Waals surface area contributed by atoms with Crippen LogP contribution in [0.5, 0.6) is 0 Å². The molecule has 1 amide bonds. The fraction of sp³-hybridized carbons (Fsp3) is 0.619. The standard InChI is InChI=1S/C19H26N2O2.C2HF3O2/c22-19(21-8-4-9-21)12-17-11-16-13-20(14-18(16)23-17)10-7-15-5-2-1-3-6-15;3-2(4,5)1(6)7/h1-3,5-6,16-18H,4,7-14H2;(H,6,7)/t16-,17+,18+;/m0./s1. The maximum absolute atomic E-state index is 12.1. The number of hydrogen-bond acceptors (Lipinski definition) is 4. The van der Waals surface area contributed by atoms with E-state index in [1.807, 2.05) is 4.90 Å². The normalized spacial score (nSPS) is 25.8. The predicted octanol–water partition coefficient (Wildman–Crippen LogP) is 2.57. The van der Waals surface area contributed by atoms with E-state index < -0.39 is 12.1 Å². The van der Waals surface area contributed by atoms with Gasteiger partial charge in [0.05, 0.1) is 18.6 Å². The first-order chi connectivity index (χ1) is 14.2. The molecule has 0 spiro atoms. The molecule has 3 fully saturated rings. The highest BCUT2D eigenvalue weighted by atomic mass is 19.4. The number of nitrogens with zero attached hydrogens (tertiary/aromatic N) is 2. The van der Waals surface area contributed by atoms with E-state index in [1.54, 1.807) is 0 Å². The third-order valence-corrected chi connectivity index (χ3v) is 5.80. The van der Waals surface area contributed by atoms with E-state index in [0.29, 0.717) is 24.3 Å². The summed E-state index contributed by atoms with van der Waals surface area (Å²) in [7, 11) is 0. The van der Waals surface area contributed by atoms with Gasteiger partial charge in [-0.15, -0.1) is 0 Å². The van der Waals surface area contributed by atoms with E-state index in [0.717, 1.165) is 45.6 Å². The van der Waals surface area contributed by atoms with Gasteiger partial charge in [-0.25, -0.2) is 4.79 Å². The molecule has 6 nitrogen and oxygen atoms in total. The maximum Gasteiger partial charge on any atom is 0.490 e. The summed E-state index contributed by atoms with van der Waals surface area (Å²) in [5.41, 5.74) is 1.41. The average molecular weight is 428 g/mol. The van der Waals surface area contributed by atoms with Crippen LogP contribution in [0.15, 0.2) is 30.3 Å². The third-order valence-electron chi connectivity index (χ3n) is 5.80. The van der Waals surface area contributed by atoms with Crippen molar-refractivity contribution in [1.82, 2.24) is 9.80 Å². The molecule has 30 heavy (non-hydrogen) atoms. The minimum Gasteiger partial charge on any atom is -0.475 e. The summed E-state index contributed by atoms with van der Waals surface area (Å²) >= 11 is 0. The van der Waals surface area contributed by atoms with Crippen molar-refractivity contribution >= 4 is 11.9 Å². The number of carboxylic acid groups (broad SMARTS) is 1. The summed E-state index contributed by atoms with van der Waals surface area (Å²) in [6.07, 6.45) is -0.645. The van der Waals surface area contributed by atoms with Crippen molar-refractivity contribution in [3.63, 3.8) is 0 Å². The monoisotopic (exact) mass is 428 g/mol. The van der Waals surface area contributed by atoms with Gasteiger partial charge in [0.15, 0.2) is 0 Å². The van der Waals surface area contributed by atoms with E-state index in [1.165, 1.54) is 12.0 Å². The number of benzene rings is 1. The van der Waals surface area contributed by atoms with Crippen molar-refractivity contribution in [3.8, 4) is 0 Å². The number of fused-ring (bicyclic) bond motifs is 1. The van der Waals surface area contributed by atoms with Gasteiger partial charge in [-0.3, -0.25) is 4.79 Å². The van der Waals surface area contributed by atoms with Gasteiger partial charge < -0.3 is 19.6 Å². The van der Waals surface area contributed by atoms with Crippen LogP contribution >= 0.6 is 0 Å². The van der Waals surface area contributed by atoms with Crippen LogP contribution in [0.4, 0.5) is 13.2 Å². The molecule has 0 unspecified atom stereocenters. The number of halogens is 3. The summed E-state index contributed by atoms with van der Waals surface area (Å²) in [6, 6.07) is 10.7.